The van der Waals surface area contributed by atoms with Gasteiger partial charge in [-0.25, -0.2) is 15.4 Å². The molecular weight excluding hydrogens is 322 g/mol. The molecule has 0 fully saturated rings. The second-order valence-corrected chi connectivity index (χ2v) is 5.71. The number of aliphatic carboxylic acids is 1. The Morgan fingerprint density at radius 3 is 2.84 bits per heavy atom. The molecule has 0 spiro atoms. The Morgan fingerprint density at radius 2 is 2.16 bits per heavy atom. The van der Waals surface area contributed by atoms with Gasteiger partial charge in [0, 0.05) is 24.0 Å². The summed E-state index contributed by atoms with van der Waals surface area (Å²) >= 11 is 0. The number of carbonyl (C=O) groups excluding carboxylic acids is 1. The number of carbonyl (C=O) groups is 2. The molecule has 25 heavy (non-hydrogen) atoms. The van der Waals surface area contributed by atoms with E-state index < -0.39 is 5.97 Å². The van der Waals surface area contributed by atoms with Crippen LogP contribution in [0.5, 0.6) is 0 Å². The van der Waals surface area contributed by atoms with Crippen molar-refractivity contribution in [1.82, 2.24) is 20.4 Å². The highest BCUT2D eigenvalue weighted by atomic mass is 16.4. The first-order valence-corrected chi connectivity index (χ1v) is 7.73. The van der Waals surface area contributed by atoms with E-state index in [9.17, 15) is 9.59 Å². The normalized spacial score (nSPS) is 15.4. The van der Waals surface area contributed by atoms with Crippen LogP contribution in [0.25, 0.3) is 6.08 Å². The van der Waals surface area contributed by atoms with Crippen molar-refractivity contribution in [2.24, 2.45) is 5.10 Å². The number of amides is 1. The molecule has 1 amide bonds. The molecule has 0 aliphatic carbocycles. The summed E-state index contributed by atoms with van der Waals surface area (Å²) in [6, 6.07) is 1.68. The Bertz CT molecular complexity index is 897. The van der Waals surface area contributed by atoms with E-state index in [1.54, 1.807) is 18.3 Å². The van der Waals surface area contributed by atoms with Crippen LogP contribution in [-0.2, 0) is 16.0 Å². The maximum absolute atomic E-state index is 12.2. The van der Waals surface area contributed by atoms with E-state index in [2.05, 4.69) is 25.5 Å². The van der Waals surface area contributed by atoms with Crippen molar-refractivity contribution >= 4 is 23.7 Å². The summed E-state index contributed by atoms with van der Waals surface area (Å²) in [5.41, 5.74) is 7.37. The van der Waals surface area contributed by atoms with Gasteiger partial charge in [-0.2, -0.15) is 5.10 Å². The van der Waals surface area contributed by atoms with Crippen LogP contribution in [0.1, 0.15) is 34.6 Å². The average Bonchev–Trinajstić information content (AvgIpc) is 3.07. The zero-order chi connectivity index (χ0) is 18.0. The minimum absolute atomic E-state index is 0.0592. The number of aromatic amines is 1. The van der Waals surface area contributed by atoms with Crippen LogP contribution in [0.15, 0.2) is 29.3 Å². The Kier molecular flexibility index (Phi) is 4.42. The SMILES string of the molecule is Cc1[nH]c(C=C2C(=O)NN=C2c2ccncn2)c(C)c1CCC(=O)O. The summed E-state index contributed by atoms with van der Waals surface area (Å²) < 4.78 is 0. The third-order valence-electron chi connectivity index (χ3n) is 4.10. The first-order chi connectivity index (χ1) is 12.0. The molecular formula is C17H17N5O3. The smallest absolute Gasteiger partial charge is 0.303 e. The van der Waals surface area contributed by atoms with E-state index in [0.29, 0.717) is 23.4 Å². The molecule has 8 nitrogen and oxygen atoms in total. The summed E-state index contributed by atoms with van der Waals surface area (Å²) in [6.07, 6.45) is 5.19. The number of nitrogens with zero attached hydrogens (tertiary/aromatic N) is 3. The van der Waals surface area contributed by atoms with Crippen LogP contribution in [-0.4, -0.2) is 37.6 Å². The molecule has 0 saturated carbocycles. The Hall–Kier alpha value is -3.29. The van der Waals surface area contributed by atoms with Gasteiger partial charge in [0.2, 0.25) is 0 Å². The molecule has 8 heteroatoms. The number of nitrogens with one attached hydrogen (secondary N) is 2. The monoisotopic (exact) mass is 339 g/mol. The van der Waals surface area contributed by atoms with Gasteiger partial charge in [0.25, 0.3) is 5.91 Å². The minimum Gasteiger partial charge on any atom is -0.481 e. The van der Waals surface area contributed by atoms with Crippen LogP contribution in [0.2, 0.25) is 0 Å². The molecule has 0 radical (unpaired) electrons. The highest BCUT2D eigenvalue weighted by Gasteiger charge is 2.25. The first-order valence-electron chi connectivity index (χ1n) is 7.73. The largest absolute Gasteiger partial charge is 0.481 e. The van der Waals surface area contributed by atoms with Crippen LogP contribution in [0, 0.1) is 13.8 Å². The van der Waals surface area contributed by atoms with Crippen molar-refractivity contribution in [2.75, 3.05) is 0 Å². The van der Waals surface area contributed by atoms with E-state index in [4.69, 9.17) is 5.11 Å². The molecule has 0 bridgehead atoms. The van der Waals surface area contributed by atoms with Gasteiger partial charge < -0.3 is 10.1 Å². The predicted octanol–water partition coefficient (Wildman–Crippen LogP) is 1.36. The van der Waals surface area contributed by atoms with Crippen molar-refractivity contribution in [3.05, 3.63) is 52.4 Å². The zero-order valence-corrected chi connectivity index (χ0v) is 13.8. The van der Waals surface area contributed by atoms with Gasteiger partial charge in [0.05, 0.1) is 11.3 Å². The summed E-state index contributed by atoms with van der Waals surface area (Å²) in [4.78, 5) is 34.2. The van der Waals surface area contributed by atoms with E-state index in [1.807, 2.05) is 13.8 Å². The van der Waals surface area contributed by atoms with Gasteiger partial charge in [-0.15, -0.1) is 0 Å². The lowest BCUT2D eigenvalue weighted by atomic mass is 10.0. The molecule has 3 rings (SSSR count). The van der Waals surface area contributed by atoms with E-state index in [1.165, 1.54) is 6.33 Å². The molecule has 0 aromatic carbocycles. The quantitative estimate of drug-likeness (QED) is 0.710. The van der Waals surface area contributed by atoms with Crippen LogP contribution < -0.4 is 5.43 Å². The number of rotatable bonds is 5. The number of aryl methyl sites for hydroxylation is 1. The zero-order valence-electron chi connectivity index (χ0n) is 13.8. The van der Waals surface area contributed by atoms with Gasteiger partial charge in [-0.1, -0.05) is 0 Å². The van der Waals surface area contributed by atoms with E-state index in [0.717, 1.165) is 22.5 Å². The highest BCUT2D eigenvalue weighted by molar-refractivity contribution is 6.32. The van der Waals surface area contributed by atoms with Gasteiger partial charge in [0.1, 0.15) is 12.0 Å². The first kappa shape index (κ1) is 16.6. The Labute approximate surface area is 143 Å². The Balaban J connectivity index is 1.97. The third kappa shape index (κ3) is 3.32. The number of carboxylic acids is 1. The number of carboxylic acid groups (broad SMARTS) is 1. The molecule has 2 aromatic rings. The fourth-order valence-electron chi connectivity index (χ4n) is 2.81. The van der Waals surface area contributed by atoms with Gasteiger partial charge in [-0.05, 0) is 43.5 Å². The van der Waals surface area contributed by atoms with Gasteiger partial charge >= 0.3 is 5.97 Å². The summed E-state index contributed by atoms with van der Waals surface area (Å²) in [7, 11) is 0. The molecule has 3 heterocycles. The fraction of sp³-hybridized carbons (Fsp3) is 0.235. The summed E-state index contributed by atoms with van der Waals surface area (Å²) in [5, 5.41) is 12.9. The van der Waals surface area contributed by atoms with Crippen LogP contribution in [0.3, 0.4) is 0 Å². The molecule has 2 aromatic heterocycles. The van der Waals surface area contributed by atoms with Crippen molar-refractivity contribution < 1.29 is 14.7 Å². The second kappa shape index (κ2) is 6.68. The highest BCUT2D eigenvalue weighted by Crippen LogP contribution is 2.23. The van der Waals surface area contributed by atoms with Crippen molar-refractivity contribution in [2.45, 2.75) is 26.7 Å². The molecule has 3 N–H and O–H groups in total. The number of aromatic nitrogens is 3. The van der Waals surface area contributed by atoms with Crippen molar-refractivity contribution in [3.8, 4) is 0 Å². The second-order valence-electron chi connectivity index (χ2n) is 5.71. The molecule has 0 saturated heterocycles. The lowest BCUT2D eigenvalue weighted by molar-refractivity contribution is -0.137. The topological polar surface area (TPSA) is 120 Å². The van der Waals surface area contributed by atoms with E-state index in [-0.39, 0.29) is 12.3 Å². The molecule has 0 unspecified atom stereocenters. The third-order valence-corrected chi connectivity index (χ3v) is 4.10. The number of hydrazone groups is 1. The number of H-pyrrole nitrogens is 1. The predicted molar refractivity (Wildman–Crippen MR) is 90.9 cm³/mol. The van der Waals surface area contributed by atoms with Crippen LogP contribution in [0.4, 0.5) is 0 Å². The Morgan fingerprint density at radius 1 is 1.36 bits per heavy atom. The average molecular weight is 339 g/mol. The maximum Gasteiger partial charge on any atom is 0.303 e. The molecule has 1 aliphatic rings. The molecule has 0 atom stereocenters. The van der Waals surface area contributed by atoms with E-state index >= 15 is 0 Å². The number of hydrogen-bond acceptors (Lipinski definition) is 5. The van der Waals surface area contributed by atoms with Crippen molar-refractivity contribution in [3.63, 3.8) is 0 Å². The lowest BCUT2D eigenvalue weighted by Gasteiger charge is -2.01. The van der Waals surface area contributed by atoms with Gasteiger partial charge in [0.15, 0.2) is 0 Å². The lowest BCUT2D eigenvalue weighted by Crippen LogP contribution is -2.14. The standard InChI is InChI=1S/C17H17N5O3/c1-9-11(3-4-15(23)24)10(2)20-14(9)7-12-16(21-22-17(12)25)13-5-6-18-8-19-13/h5-8,20H,3-4H2,1-2H3,(H,22,25)(H,23,24). The van der Waals surface area contributed by atoms with Crippen LogP contribution >= 0.6 is 0 Å². The molecule has 1 aliphatic heterocycles. The van der Waals surface area contributed by atoms with Crippen molar-refractivity contribution in [1.29, 1.82) is 0 Å². The van der Waals surface area contributed by atoms with Gasteiger partial charge in [-0.3, -0.25) is 9.59 Å². The fourth-order valence-corrected chi connectivity index (χ4v) is 2.81. The summed E-state index contributed by atoms with van der Waals surface area (Å²) in [6.45, 7) is 3.79. The number of hydrogen-bond donors (Lipinski definition) is 3. The summed E-state index contributed by atoms with van der Waals surface area (Å²) in [5.74, 6) is -1.15. The minimum atomic E-state index is -0.840. The molecule has 128 valence electrons. The maximum atomic E-state index is 12.2.